The molecule has 0 fully saturated rings. The number of carbonyl (C=O) groups excluding carboxylic acids is 3. The van der Waals surface area contributed by atoms with Crippen molar-refractivity contribution >= 4 is 29.8 Å². The molecule has 186 valence electrons. The molecule has 0 aromatic heterocycles. The second-order valence-electron chi connectivity index (χ2n) is 7.93. The molecule has 0 saturated heterocycles. The number of carbonyl (C=O) groups is 3. The SMILES string of the molecule is CCNC(=O)CN(C)C(=O)C(NCCOc1cc(Cl)ccc1CCCNC=O)C(CC)CC. The summed E-state index contributed by atoms with van der Waals surface area (Å²) in [6, 6.07) is 5.14. The maximum atomic E-state index is 13.1. The Morgan fingerprint density at radius 2 is 1.91 bits per heavy atom. The zero-order valence-electron chi connectivity index (χ0n) is 20.3. The number of rotatable bonds is 17. The van der Waals surface area contributed by atoms with Crippen LogP contribution >= 0.6 is 11.6 Å². The molecular weight excluding hydrogens is 444 g/mol. The van der Waals surface area contributed by atoms with Crippen LogP contribution in [0, 0.1) is 5.92 Å². The van der Waals surface area contributed by atoms with Crippen LogP contribution in [0.1, 0.15) is 45.6 Å². The van der Waals surface area contributed by atoms with E-state index in [1.807, 2.05) is 19.1 Å². The molecule has 1 rings (SSSR count). The first-order chi connectivity index (χ1) is 15.9. The molecule has 3 amide bonds. The lowest BCUT2D eigenvalue weighted by Gasteiger charge is -2.29. The van der Waals surface area contributed by atoms with Crippen molar-refractivity contribution in [2.45, 2.75) is 52.5 Å². The first kappa shape index (κ1) is 28.7. The number of benzene rings is 1. The van der Waals surface area contributed by atoms with Gasteiger partial charge in [0.25, 0.3) is 0 Å². The fourth-order valence-corrected chi connectivity index (χ4v) is 3.85. The lowest BCUT2D eigenvalue weighted by atomic mass is 9.93. The molecule has 0 heterocycles. The summed E-state index contributed by atoms with van der Waals surface area (Å²) in [4.78, 5) is 36.9. The number of hydrogen-bond acceptors (Lipinski definition) is 5. The Bertz CT molecular complexity index is 743. The summed E-state index contributed by atoms with van der Waals surface area (Å²) in [5.74, 6) is 0.591. The number of aryl methyl sites for hydroxylation is 1. The van der Waals surface area contributed by atoms with Gasteiger partial charge < -0.3 is 25.6 Å². The smallest absolute Gasteiger partial charge is 0.240 e. The van der Waals surface area contributed by atoms with Crippen LogP contribution in [-0.2, 0) is 20.8 Å². The number of hydrogen-bond donors (Lipinski definition) is 3. The van der Waals surface area contributed by atoms with Gasteiger partial charge in [0.15, 0.2) is 0 Å². The molecule has 1 atom stereocenters. The average Bonchev–Trinajstić information content (AvgIpc) is 2.79. The summed E-state index contributed by atoms with van der Waals surface area (Å²) in [5, 5.41) is 9.31. The summed E-state index contributed by atoms with van der Waals surface area (Å²) in [6.45, 7) is 7.97. The van der Waals surface area contributed by atoms with Gasteiger partial charge in [0.1, 0.15) is 12.4 Å². The number of amides is 3. The van der Waals surface area contributed by atoms with Crippen molar-refractivity contribution in [3.05, 3.63) is 28.8 Å². The van der Waals surface area contributed by atoms with Gasteiger partial charge in [0.2, 0.25) is 18.2 Å². The highest BCUT2D eigenvalue weighted by atomic mass is 35.5. The number of likely N-dealkylation sites (N-methyl/N-ethyl adjacent to an activating group) is 2. The molecule has 0 aliphatic rings. The topological polar surface area (TPSA) is 99.8 Å². The van der Waals surface area contributed by atoms with Gasteiger partial charge in [0.05, 0.1) is 12.6 Å². The first-order valence-corrected chi connectivity index (χ1v) is 12.1. The van der Waals surface area contributed by atoms with E-state index in [9.17, 15) is 14.4 Å². The second kappa shape index (κ2) is 16.3. The molecule has 0 aliphatic heterocycles. The van der Waals surface area contributed by atoms with Crippen LogP contribution in [0.2, 0.25) is 5.02 Å². The molecule has 3 N–H and O–H groups in total. The van der Waals surface area contributed by atoms with Crippen LogP contribution in [0.25, 0.3) is 0 Å². The monoisotopic (exact) mass is 482 g/mol. The normalized spacial score (nSPS) is 11.7. The number of nitrogens with zero attached hydrogens (tertiary/aromatic N) is 1. The Morgan fingerprint density at radius 1 is 1.18 bits per heavy atom. The van der Waals surface area contributed by atoms with E-state index in [2.05, 4.69) is 29.8 Å². The summed E-state index contributed by atoms with van der Waals surface area (Å²) in [5.41, 5.74) is 1.02. The molecule has 1 aromatic carbocycles. The van der Waals surface area contributed by atoms with Gasteiger partial charge in [-0.05, 0) is 43.4 Å². The van der Waals surface area contributed by atoms with Gasteiger partial charge >= 0.3 is 0 Å². The first-order valence-electron chi connectivity index (χ1n) is 11.7. The summed E-state index contributed by atoms with van der Waals surface area (Å²) < 4.78 is 5.98. The highest BCUT2D eigenvalue weighted by molar-refractivity contribution is 6.30. The average molecular weight is 483 g/mol. The van der Waals surface area contributed by atoms with Gasteiger partial charge in [0, 0.05) is 31.7 Å². The van der Waals surface area contributed by atoms with E-state index in [0.29, 0.717) is 43.4 Å². The van der Waals surface area contributed by atoms with E-state index in [1.165, 1.54) is 4.90 Å². The predicted molar refractivity (Wildman–Crippen MR) is 132 cm³/mol. The Kier molecular flexibility index (Phi) is 14.2. The van der Waals surface area contributed by atoms with Crippen LogP contribution in [0.4, 0.5) is 0 Å². The number of ether oxygens (including phenoxy) is 1. The van der Waals surface area contributed by atoms with Crippen LogP contribution < -0.4 is 20.7 Å². The van der Waals surface area contributed by atoms with Gasteiger partial charge in [-0.2, -0.15) is 0 Å². The van der Waals surface area contributed by atoms with E-state index in [4.69, 9.17) is 16.3 Å². The molecule has 33 heavy (non-hydrogen) atoms. The van der Waals surface area contributed by atoms with Crippen molar-refractivity contribution in [1.29, 1.82) is 0 Å². The van der Waals surface area contributed by atoms with Gasteiger partial charge in [-0.3, -0.25) is 14.4 Å². The van der Waals surface area contributed by atoms with E-state index in [0.717, 1.165) is 31.2 Å². The maximum Gasteiger partial charge on any atom is 0.240 e. The highest BCUT2D eigenvalue weighted by Crippen LogP contribution is 2.24. The number of halogens is 1. The Hall–Kier alpha value is -2.32. The quantitative estimate of drug-likeness (QED) is 0.234. The van der Waals surface area contributed by atoms with E-state index < -0.39 is 6.04 Å². The van der Waals surface area contributed by atoms with Gasteiger partial charge in [-0.25, -0.2) is 0 Å². The third kappa shape index (κ3) is 10.4. The van der Waals surface area contributed by atoms with Crippen LogP contribution in [0.3, 0.4) is 0 Å². The lowest BCUT2D eigenvalue weighted by Crippen LogP contribution is -2.52. The molecule has 0 saturated carbocycles. The second-order valence-corrected chi connectivity index (χ2v) is 8.37. The molecule has 0 aliphatic carbocycles. The van der Waals surface area contributed by atoms with Gasteiger partial charge in [-0.1, -0.05) is 44.4 Å². The zero-order valence-corrected chi connectivity index (χ0v) is 21.0. The summed E-state index contributed by atoms with van der Waals surface area (Å²) in [6.07, 6.45) is 3.93. The predicted octanol–water partition coefficient (Wildman–Crippen LogP) is 2.39. The zero-order chi connectivity index (χ0) is 24.6. The minimum absolute atomic E-state index is 0.0341. The summed E-state index contributed by atoms with van der Waals surface area (Å²) >= 11 is 6.15. The van der Waals surface area contributed by atoms with Crippen LogP contribution in [0.5, 0.6) is 5.75 Å². The van der Waals surface area contributed by atoms with E-state index in [-0.39, 0.29) is 24.3 Å². The van der Waals surface area contributed by atoms with Crippen molar-refractivity contribution in [3.8, 4) is 5.75 Å². The van der Waals surface area contributed by atoms with Crippen molar-refractivity contribution < 1.29 is 19.1 Å². The van der Waals surface area contributed by atoms with Gasteiger partial charge in [-0.15, -0.1) is 0 Å². The van der Waals surface area contributed by atoms with Crippen LogP contribution in [0.15, 0.2) is 18.2 Å². The molecule has 1 aromatic rings. The molecule has 9 heteroatoms. The van der Waals surface area contributed by atoms with Crippen molar-refractivity contribution in [1.82, 2.24) is 20.9 Å². The third-order valence-corrected chi connectivity index (χ3v) is 5.76. The molecule has 0 radical (unpaired) electrons. The minimum atomic E-state index is -0.392. The van der Waals surface area contributed by atoms with Crippen molar-refractivity contribution in [2.75, 3.05) is 39.8 Å². The molecule has 0 bridgehead atoms. The fraction of sp³-hybridized carbons (Fsp3) is 0.625. The maximum absolute atomic E-state index is 13.1. The molecule has 0 spiro atoms. The highest BCUT2D eigenvalue weighted by Gasteiger charge is 2.28. The van der Waals surface area contributed by atoms with E-state index >= 15 is 0 Å². The standard InChI is InChI=1S/C24H39ClN4O4/c1-5-18(6-2)23(24(32)29(4)16-22(31)27-7-3)28-13-14-33-21-15-20(25)11-10-19(21)9-8-12-26-17-30/h10-11,15,17-18,23,28H,5-9,12-14,16H2,1-4H3,(H,26,30)(H,27,31). The Labute approximate surface area is 202 Å². The minimum Gasteiger partial charge on any atom is -0.492 e. The molecular formula is C24H39ClN4O4. The van der Waals surface area contributed by atoms with E-state index in [1.54, 1.807) is 13.1 Å². The summed E-state index contributed by atoms with van der Waals surface area (Å²) in [7, 11) is 1.66. The largest absolute Gasteiger partial charge is 0.492 e. The third-order valence-electron chi connectivity index (χ3n) is 5.52. The number of nitrogens with one attached hydrogen (secondary N) is 3. The van der Waals surface area contributed by atoms with Crippen molar-refractivity contribution in [2.24, 2.45) is 5.92 Å². The molecule has 1 unspecified atom stereocenters. The Morgan fingerprint density at radius 3 is 2.55 bits per heavy atom. The Balaban J connectivity index is 2.72. The van der Waals surface area contributed by atoms with Crippen LogP contribution in [-0.4, -0.2) is 69.0 Å². The fourth-order valence-electron chi connectivity index (χ4n) is 3.68. The molecule has 8 nitrogen and oxygen atoms in total. The van der Waals surface area contributed by atoms with Crippen molar-refractivity contribution in [3.63, 3.8) is 0 Å². The lowest BCUT2D eigenvalue weighted by molar-refractivity contribution is -0.137.